The van der Waals surface area contributed by atoms with Gasteiger partial charge >= 0.3 is 0 Å². The molecule has 3 heteroatoms. The molecular weight excluding hydrogens is 266 g/mol. The normalized spacial score (nSPS) is 15.6. The number of hydrogen-bond donors (Lipinski definition) is 1. The highest BCUT2D eigenvalue weighted by Crippen LogP contribution is 2.30. The summed E-state index contributed by atoms with van der Waals surface area (Å²) in [5, 5.41) is 2.96. The van der Waals surface area contributed by atoms with E-state index >= 15 is 0 Å². The van der Waals surface area contributed by atoms with E-state index in [2.05, 4.69) is 21.2 Å². The van der Waals surface area contributed by atoms with Crippen LogP contribution in [0.15, 0.2) is 22.7 Å². The fraction of sp³-hybridized carbons (Fsp3) is 0.462. The fourth-order valence-corrected chi connectivity index (χ4v) is 2.24. The molecule has 0 heterocycles. The molecule has 1 aliphatic rings. The summed E-state index contributed by atoms with van der Waals surface area (Å²) >= 11 is 3.44. The SMILES string of the molecule is Cc1ccc(Br)c(NC(=O)CC2CCC2)c1. The van der Waals surface area contributed by atoms with Crippen LogP contribution in [0.2, 0.25) is 0 Å². The number of benzene rings is 1. The fourth-order valence-electron chi connectivity index (χ4n) is 1.90. The lowest BCUT2D eigenvalue weighted by molar-refractivity contribution is -0.117. The number of rotatable bonds is 3. The van der Waals surface area contributed by atoms with E-state index in [0.29, 0.717) is 12.3 Å². The van der Waals surface area contributed by atoms with Crippen LogP contribution in [0.5, 0.6) is 0 Å². The predicted molar refractivity (Wildman–Crippen MR) is 69.5 cm³/mol. The molecule has 0 spiro atoms. The zero-order valence-corrected chi connectivity index (χ0v) is 11.0. The molecule has 0 unspecified atom stereocenters. The van der Waals surface area contributed by atoms with Gasteiger partial charge in [0, 0.05) is 10.9 Å². The van der Waals surface area contributed by atoms with Crippen molar-refractivity contribution in [3.05, 3.63) is 28.2 Å². The second-order valence-corrected chi connectivity index (χ2v) is 5.39. The largest absolute Gasteiger partial charge is 0.325 e. The van der Waals surface area contributed by atoms with E-state index in [4.69, 9.17) is 0 Å². The molecule has 1 aromatic rings. The molecule has 1 aromatic carbocycles. The lowest BCUT2D eigenvalue weighted by Crippen LogP contribution is -2.21. The van der Waals surface area contributed by atoms with Crippen LogP contribution in [0.3, 0.4) is 0 Å². The smallest absolute Gasteiger partial charge is 0.224 e. The van der Waals surface area contributed by atoms with E-state index < -0.39 is 0 Å². The average molecular weight is 282 g/mol. The Morgan fingerprint density at radius 3 is 2.88 bits per heavy atom. The van der Waals surface area contributed by atoms with E-state index in [1.165, 1.54) is 19.3 Å². The van der Waals surface area contributed by atoms with Crippen molar-refractivity contribution in [3.8, 4) is 0 Å². The first kappa shape index (κ1) is 11.6. The maximum Gasteiger partial charge on any atom is 0.224 e. The lowest BCUT2D eigenvalue weighted by Gasteiger charge is -2.24. The Bertz CT molecular complexity index is 399. The van der Waals surface area contributed by atoms with Crippen LogP contribution in [0.25, 0.3) is 0 Å². The third-order valence-electron chi connectivity index (χ3n) is 3.09. The van der Waals surface area contributed by atoms with Gasteiger partial charge in [0.2, 0.25) is 5.91 Å². The number of nitrogens with one attached hydrogen (secondary N) is 1. The summed E-state index contributed by atoms with van der Waals surface area (Å²) in [6, 6.07) is 5.97. The maximum atomic E-state index is 11.7. The predicted octanol–water partition coefficient (Wildman–Crippen LogP) is 3.89. The summed E-state index contributed by atoms with van der Waals surface area (Å²) in [6.07, 6.45) is 4.37. The Morgan fingerprint density at radius 1 is 1.50 bits per heavy atom. The molecule has 2 rings (SSSR count). The Labute approximate surface area is 105 Å². The van der Waals surface area contributed by atoms with Crippen LogP contribution in [0, 0.1) is 12.8 Å². The molecule has 0 aliphatic heterocycles. The van der Waals surface area contributed by atoms with Gasteiger partial charge in [-0.1, -0.05) is 12.5 Å². The zero-order chi connectivity index (χ0) is 11.5. The average Bonchev–Trinajstić information content (AvgIpc) is 2.18. The topological polar surface area (TPSA) is 29.1 Å². The van der Waals surface area contributed by atoms with E-state index in [1.54, 1.807) is 0 Å². The lowest BCUT2D eigenvalue weighted by atomic mass is 9.83. The van der Waals surface area contributed by atoms with Crippen LogP contribution >= 0.6 is 15.9 Å². The Hall–Kier alpha value is -0.830. The quantitative estimate of drug-likeness (QED) is 0.895. The molecule has 0 radical (unpaired) electrons. The summed E-state index contributed by atoms with van der Waals surface area (Å²) in [7, 11) is 0. The highest BCUT2D eigenvalue weighted by Gasteiger charge is 2.20. The van der Waals surface area contributed by atoms with Crippen molar-refractivity contribution in [3.63, 3.8) is 0 Å². The standard InChI is InChI=1S/C13H16BrNO/c1-9-5-6-11(14)12(7-9)15-13(16)8-10-3-2-4-10/h5-7,10H,2-4,8H2,1H3,(H,15,16). The van der Waals surface area contributed by atoms with Crippen molar-refractivity contribution in [2.75, 3.05) is 5.32 Å². The molecule has 86 valence electrons. The Morgan fingerprint density at radius 2 is 2.25 bits per heavy atom. The van der Waals surface area contributed by atoms with Gasteiger partial charge in [0.05, 0.1) is 5.69 Å². The second-order valence-electron chi connectivity index (χ2n) is 4.53. The number of halogens is 1. The van der Waals surface area contributed by atoms with Gasteiger partial charge in [-0.05, 0) is 59.3 Å². The highest BCUT2D eigenvalue weighted by atomic mass is 79.9. The van der Waals surface area contributed by atoms with Crippen LogP contribution in [-0.2, 0) is 4.79 Å². The van der Waals surface area contributed by atoms with E-state index in [9.17, 15) is 4.79 Å². The molecule has 1 fully saturated rings. The zero-order valence-electron chi connectivity index (χ0n) is 9.42. The Kier molecular flexibility index (Phi) is 3.64. The first-order valence-corrected chi connectivity index (χ1v) is 6.50. The van der Waals surface area contributed by atoms with Gasteiger partial charge in [-0.3, -0.25) is 4.79 Å². The second kappa shape index (κ2) is 5.00. The summed E-state index contributed by atoms with van der Waals surface area (Å²) in [5.74, 6) is 0.750. The summed E-state index contributed by atoms with van der Waals surface area (Å²) in [6.45, 7) is 2.02. The molecule has 2 nitrogen and oxygen atoms in total. The van der Waals surface area contributed by atoms with Crippen molar-refractivity contribution in [2.24, 2.45) is 5.92 Å². The molecule has 0 saturated heterocycles. The van der Waals surface area contributed by atoms with Crippen molar-refractivity contribution in [1.29, 1.82) is 0 Å². The van der Waals surface area contributed by atoms with Crippen molar-refractivity contribution < 1.29 is 4.79 Å². The van der Waals surface area contributed by atoms with Crippen LogP contribution < -0.4 is 5.32 Å². The first-order chi connectivity index (χ1) is 7.65. The van der Waals surface area contributed by atoms with Crippen LogP contribution in [0.1, 0.15) is 31.2 Å². The summed E-state index contributed by atoms with van der Waals surface area (Å²) in [5.41, 5.74) is 2.03. The minimum atomic E-state index is 0.135. The summed E-state index contributed by atoms with van der Waals surface area (Å²) < 4.78 is 0.944. The monoisotopic (exact) mass is 281 g/mol. The highest BCUT2D eigenvalue weighted by molar-refractivity contribution is 9.10. The van der Waals surface area contributed by atoms with Gasteiger partial charge in [-0.2, -0.15) is 0 Å². The van der Waals surface area contributed by atoms with Gasteiger partial charge in [0.1, 0.15) is 0 Å². The van der Waals surface area contributed by atoms with Crippen LogP contribution in [-0.4, -0.2) is 5.91 Å². The molecule has 0 bridgehead atoms. The molecule has 1 amide bonds. The third kappa shape index (κ3) is 2.85. The number of anilines is 1. The first-order valence-electron chi connectivity index (χ1n) is 5.71. The van der Waals surface area contributed by atoms with Gasteiger partial charge in [0.15, 0.2) is 0 Å². The number of carbonyl (C=O) groups excluding carboxylic acids is 1. The van der Waals surface area contributed by atoms with Gasteiger partial charge in [0.25, 0.3) is 0 Å². The van der Waals surface area contributed by atoms with Crippen LogP contribution in [0.4, 0.5) is 5.69 Å². The minimum absolute atomic E-state index is 0.135. The van der Waals surface area contributed by atoms with Gasteiger partial charge in [-0.25, -0.2) is 0 Å². The molecule has 0 aromatic heterocycles. The number of amides is 1. The van der Waals surface area contributed by atoms with E-state index in [1.807, 2.05) is 25.1 Å². The summed E-state index contributed by atoms with van der Waals surface area (Å²) in [4.78, 5) is 11.7. The number of carbonyl (C=O) groups is 1. The molecule has 1 N–H and O–H groups in total. The Balaban J connectivity index is 1.96. The molecule has 1 aliphatic carbocycles. The number of hydrogen-bond acceptors (Lipinski definition) is 1. The molecule has 1 saturated carbocycles. The van der Waals surface area contributed by atoms with Gasteiger partial charge < -0.3 is 5.32 Å². The van der Waals surface area contributed by atoms with Crippen molar-refractivity contribution in [2.45, 2.75) is 32.6 Å². The van der Waals surface area contributed by atoms with E-state index in [0.717, 1.165) is 15.7 Å². The van der Waals surface area contributed by atoms with Crippen molar-refractivity contribution in [1.82, 2.24) is 0 Å². The molecule has 16 heavy (non-hydrogen) atoms. The van der Waals surface area contributed by atoms with E-state index in [-0.39, 0.29) is 5.91 Å². The van der Waals surface area contributed by atoms with Gasteiger partial charge in [-0.15, -0.1) is 0 Å². The van der Waals surface area contributed by atoms with Crippen molar-refractivity contribution >= 4 is 27.5 Å². The molecular formula is C13H16BrNO. The third-order valence-corrected chi connectivity index (χ3v) is 3.79. The number of aryl methyl sites for hydroxylation is 1. The maximum absolute atomic E-state index is 11.7. The molecule has 0 atom stereocenters. The minimum Gasteiger partial charge on any atom is -0.325 e.